The van der Waals surface area contributed by atoms with E-state index in [-0.39, 0.29) is 11.3 Å². The molecule has 0 radical (unpaired) electrons. The number of fused-ring (bicyclic) bond motifs is 2. The molecule has 1 aliphatic carbocycles. The highest BCUT2D eigenvalue weighted by Gasteiger charge is 2.25. The number of hydrogen-bond acceptors (Lipinski definition) is 5. The molecule has 2 aliphatic rings. The zero-order valence-electron chi connectivity index (χ0n) is 21.2. The number of rotatable bonds is 4. The highest BCUT2D eigenvalue weighted by molar-refractivity contribution is 6.09. The van der Waals surface area contributed by atoms with Crippen LogP contribution in [0.1, 0.15) is 41.5 Å². The van der Waals surface area contributed by atoms with Crippen LogP contribution in [0, 0.1) is 5.41 Å². The van der Waals surface area contributed by atoms with Gasteiger partial charge in [-0.15, -0.1) is 0 Å². The Balaban J connectivity index is 2.12. The molecule has 0 spiro atoms. The van der Waals surface area contributed by atoms with Gasteiger partial charge < -0.3 is 19.2 Å². The second kappa shape index (κ2) is 8.69. The van der Waals surface area contributed by atoms with E-state index >= 15 is 0 Å². The van der Waals surface area contributed by atoms with Gasteiger partial charge in [0.05, 0.1) is 12.0 Å². The normalized spacial score (nSPS) is 11.6. The maximum atomic E-state index is 12.9. The van der Waals surface area contributed by atoms with Gasteiger partial charge in [-0.05, 0) is 29.8 Å². The summed E-state index contributed by atoms with van der Waals surface area (Å²) in [5.74, 6) is -0.829. The van der Waals surface area contributed by atoms with Gasteiger partial charge in [0.1, 0.15) is 25.4 Å². The Hall–Kier alpha value is -3.93. The third-order valence-electron chi connectivity index (χ3n) is 6.17. The number of carboxylic acid groups (broad SMARTS) is 1. The largest absolute Gasteiger partial charge is 0.545 e. The Morgan fingerprint density at radius 2 is 1.60 bits per heavy atom. The van der Waals surface area contributed by atoms with Crippen molar-refractivity contribution in [2.24, 2.45) is 5.41 Å². The second-order valence-electron chi connectivity index (χ2n) is 10.3. The molecule has 35 heavy (non-hydrogen) atoms. The lowest BCUT2D eigenvalue weighted by atomic mass is 9.84. The van der Waals surface area contributed by atoms with Crippen molar-refractivity contribution in [1.82, 2.24) is 4.58 Å². The standard InChI is InChI=1S/C29H30N2O4/c1-29(2,3)27(32)17-8-11-20(23(14-17)28(33)34)26-21-12-9-18(30(4)5)15-24(21)35-25-16-19(31(6)7)10-13-22(25)26/h8-16H,1-7H3. The average Bonchev–Trinajstić information content (AvgIpc) is 2.80. The summed E-state index contributed by atoms with van der Waals surface area (Å²) in [6, 6.07) is 16.5. The molecule has 0 saturated carbocycles. The van der Waals surface area contributed by atoms with Crippen LogP contribution in [0.5, 0.6) is 0 Å². The number of anilines is 1. The van der Waals surface area contributed by atoms with Crippen LogP contribution in [0.2, 0.25) is 0 Å². The third-order valence-corrected chi connectivity index (χ3v) is 6.17. The molecule has 2 aromatic carbocycles. The second-order valence-corrected chi connectivity index (χ2v) is 10.3. The lowest BCUT2D eigenvalue weighted by Gasteiger charge is -2.21. The first-order valence-corrected chi connectivity index (χ1v) is 11.5. The van der Waals surface area contributed by atoms with Gasteiger partial charge in [-0.25, -0.2) is 4.58 Å². The molecule has 0 N–H and O–H groups in total. The van der Waals surface area contributed by atoms with Crippen LogP contribution in [0.3, 0.4) is 0 Å². The summed E-state index contributed by atoms with van der Waals surface area (Å²) in [6.07, 6.45) is 0. The summed E-state index contributed by atoms with van der Waals surface area (Å²) in [5, 5.41) is 14.1. The zero-order chi connectivity index (χ0) is 25.7. The van der Waals surface area contributed by atoms with Gasteiger partial charge in [0.25, 0.3) is 0 Å². The Labute approximate surface area is 205 Å². The molecule has 4 rings (SSSR count). The van der Waals surface area contributed by atoms with Crippen LogP contribution in [0.4, 0.5) is 5.69 Å². The number of benzene rings is 3. The highest BCUT2D eigenvalue weighted by Crippen LogP contribution is 2.42. The van der Waals surface area contributed by atoms with Crippen LogP contribution in [-0.2, 0) is 0 Å². The maximum absolute atomic E-state index is 12.9. The molecule has 0 amide bonds. The highest BCUT2D eigenvalue weighted by atomic mass is 16.4. The SMILES string of the molecule is CN(C)c1ccc2c(-c3ccc(C(=O)C(C)(C)C)cc3C(=O)[O-])c3ccc(=[N+](C)C)cc-3oc2c1. The minimum absolute atomic E-state index is 0.0257. The molecule has 0 bridgehead atoms. The predicted molar refractivity (Wildman–Crippen MR) is 138 cm³/mol. The topological polar surface area (TPSA) is 76.6 Å². The fraction of sp³-hybridized carbons (Fsp3) is 0.276. The summed E-state index contributed by atoms with van der Waals surface area (Å²) in [7, 11) is 7.80. The van der Waals surface area contributed by atoms with Gasteiger partial charge in [0.15, 0.2) is 5.78 Å². The van der Waals surface area contributed by atoms with Gasteiger partial charge in [0.2, 0.25) is 5.36 Å². The lowest BCUT2D eigenvalue weighted by molar-refractivity contribution is -0.254. The van der Waals surface area contributed by atoms with Crippen molar-refractivity contribution in [1.29, 1.82) is 0 Å². The fourth-order valence-corrected chi connectivity index (χ4v) is 4.22. The van der Waals surface area contributed by atoms with E-state index in [1.54, 1.807) is 12.1 Å². The smallest absolute Gasteiger partial charge is 0.203 e. The number of hydrogen-bond donors (Lipinski definition) is 0. The monoisotopic (exact) mass is 470 g/mol. The van der Waals surface area contributed by atoms with Gasteiger partial charge >= 0.3 is 0 Å². The summed E-state index contributed by atoms with van der Waals surface area (Å²) in [6.45, 7) is 5.44. The summed E-state index contributed by atoms with van der Waals surface area (Å²) >= 11 is 0. The van der Waals surface area contributed by atoms with Crippen LogP contribution in [0.15, 0.2) is 59.0 Å². The van der Waals surface area contributed by atoms with Crippen LogP contribution >= 0.6 is 0 Å². The van der Waals surface area contributed by atoms with E-state index in [0.29, 0.717) is 22.5 Å². The number of ketones is 1. The Morgan fingerprint density at radius 3 is 2.20 bits per heavy atom. The van der Waals surface area contributed by atoms with Crippen molar-refractivity contribution in [3.63, 3.8) is 0 Å². The maximum Gasteiger partial charge on any atom is 0.203 e. The summed E-state index contributed by atoms with van der Waals surface area (Å²) in [5.41, 5.74) is 3.26. The first kappa shape index (κ1) is 24.2. The number of carboxylic acids is 1. The molecule has 6 nitrogen and oxygen atoms in total. The molecule has 0 saturated heterocycles. The first-order chi connectivity index (χ1) is 16.4. The molecule has 0 unspecified atom stereocenters. The first-order valence-electron chi connectivity index (χ1n) is 11.5. The minimum atomic E-state index is -1.33. The molecule has 180 valence electrons. The average molecular weight is 471 g/mol. The van der Waals surface area contributed by atoms with E-state index in [2.05, 4.69) is 0 Å². The Morgan fingerprint density at radius 1 is 0.914 bits per heavy atom. The number of carbonyl (C=O) groups excluding carboxylic acids is 2. The van der Waals surface area contributed by atoms with E-state index in [1.165, 1.54) is 6.07 Å². The van der Waals surface area contributed by atoms with E-state index in [1.807, 2.05) is 94.8 Å². The van der Waals surface area contributed by atoms with Crippen molar-refractivity contribution >= 4 is 28.4 Å². The van der Waals surface area contributed by atoms with Crippen molar-refractivity contribution in [3.8, 4) is 22.5 Å². The van der Waals surface area contributed by atoms with E-state index < -0.39 is 11.4 Å². The summed E-state index contributed by atoms with van der Waals surface area (Å²) in [4.78, 5) is 27.2. The van der Waals surface area contributed by atoms with Crippen LogP contribution < -0.4 is 19.9 Å². The minimum Gasteiger partial charge on any atom is -0.545 e. The quantitative estimate of drug-likeness (QED) is 0.257. The van der Waals surface area contributed by atoms with Crippen molar-refractivity contribution in [3.05, 3.63) is 71.1 Å². The van der Waals surface area contributed by atoms with E-state index in [9.17, 15) is 14.7 Å². The molecule has 1 aliphatic heterocycles. The van der Waals surface area contributed by atoms with Gasteiger partial charge in [0, 0.05) is 65.0 Å². The van der Waals surface area contributed by atoms with Crippen molar-refractivity contribution < 1.29 is 19.1 Å². The zero-order valence-corrected chi connectivity index (χ0v) is 21.2. The molecule has 6 heteroatoms. The van der Waals surface area contributed by atoms with Gasteiger partial charge in [-0.1, -0.05) is 32.9 Å². The number of Topliss-reactive ketones (excluding diaryl/α,β-unsaturated/α-hetero) is 1. The fourth-order valence-electron chi connectivity index (χ4n) is 4.22. The van der Waals surface area contributed by atoms with Crippen molar-refractivity contribution in [2.45, 2.75) is 20.8 Å². The lowest BCUT2D eigenvalue weighted by Crippen LogP contribution is -2.25. The predicted octanol–water partition coefficient (Wildman–Crippen LogP) is 3.89. The number of carbonyl (C=O) groups is 2. The molecule has 0 atom stereocenters. The molecular formula is C29H30N2O4. The Bertz CT molecular complexity index is 1520. The Kier molecular flexibility index (Phi) is 6.01. The van der Waals surface area contributed by atoms with Crippen LogP contribution in [0.25, 0.3) is 33.4 Å². The summed E-state index contributed by atoms with van der Waals surface area (Å²) < 4.78 is 8.31. The third kappa shape index (κ3) is 4.44. The molecule has 0 fully saturated rings. The van der Waals surface area contributed by atoms with Gasteiger partial charge in [-0.2, -0.15) is 0 Å². The van der Waals surface area contributed by atoms with E-state index in [0.717, 1.165) is 27.6 Å². The molecule has 0 aromatic heterocycles. The number of aromatic carboxylic acids is 1. The number of nitrogens with zero attached hydrogens (tertiary/aromatic N) is 2. The molecule has 2 aromatic rings. The van der Waals surface area contributed by atoms with Crippen molar-refractivity contribution in [2.75, 3.05) is 33.1 Å². The van der Waals surface area contributed by atoms with Crippen LogP contribution in [-0.4, -0.2) is 39.9 Å². The van der Waals surface area contributed by atoms with E-state index in [4.69, 9.17) is 4.42 Å². The molecule has 1 heterocycles. The van der Waals surface area contributed by atoms with Gasteiger partial charge in [-0.3, -0.25) is 4.79 Å². The molecular weight excluding hydrogens is 440 g/mol.